The average Bonchev–Trinajstić information content (AvgIpc) is 2.31. The molecule has 0 unspecified atom stereocenters. The van der Waals surface area contributed by atoms with Crippen LogP contribution in [0.2, 0.25) is 0 Å². The van der Waals surface area contributed by atoms with E-state index in [4.69, 9.17) is 4.74 Å². The Morgan fingerprint density at radius 3 is 2.72 bits per heavy atom. The smallest absolute Gasteiger partial charge is 0.133 e. The molecule has 0 N–H and O–H groups in total. The summed E-state index contributed by atoms with van der Waals surface area (Å²) < 4.78 is 6.75. The molecule has 2 heteroatoms. The van der Waals surface area contributed by atoms with Crippen LogP contribution in [0.25, 0.3) is 5.57 Å². The molecular formula is C16H21BrO. The Hall–Kier alpha value is -0.760. The standard InChI is InChI=1S/C16H21BrO/c1-5-11-7-8-16(3,4)13-10-15(18-6-2)14(17)9-12(11)13/h5,9-10H,6-8H2,1-4H3. The molecule has 1 aromatic carbocycles. The molecule has 18 heavy (non-hydrogen) atoms. The van der Waals surface area contributed by atoms with E-state index in [2.05, 4.69) is 54.9 Å². The lowest BCUT2D eigenvalue weighted by molar-refractivity contribution is 0.336. The highest BCUT2D eigenvalue weighted by atomic mass is 79.9. The summed E-state index contributed by atoms with van der Waals surface area (Å²) in [5.41, 5.74) is 4.47. The summed E-state index contributed by atoms with van der Waals surface area (Å²) in [4.78, 5) is 0. The molecule has 0 radical (unpaired) electrons. The van der Waals surface area contributed by atoms with E-state index in [1.807, 2.05) is 6.92 Å². The van der Waals surface area contributed by atoms with Crippen LogP contribution in [0.3, 0.4) is 0 Å². The predicted octanol–water partition coefficient (Wildman–Crippen LogP) is 5.32. The van der Waals surface area contributed by atoms with Gasteiger partial charge in [0.05, 0.1) is 11.1 Å². The molecule has 1 aliphatic rings. The van der Waals surface area contributed by atoms with E-state index in [-0.39, 0.29) is 5.41 Å². The molecule has 0 aromatic heterocycles. The highest BCUT2D eigenvalue weighted by molar-refractivity contribution is 9.10. The van der Waals surface area contributed by atoms with Crippen molar-refractivity contribution in [1.29, 1.82) is 0 Å². The molecule has 0 aliphatic heterocycles. The fourth-order valence-corrected chi connectivity index (χ4v) is 3.12. The number of halogens is 1. The number of ether oxygens (including phenoxy) is 1. The van der Waals surface area contributed by atoms with Crippen LogP contribution in [0.1, 0.15) is 51.7 Å². The number of allylic oxidation sites excluding steroid dienone is 2. The van der Waals surface area contributed by atoms with E-state index in [1.165, 1.54) is 23.1 Å². The van der Waals surface area contributed by atoms with Gasteiger partial charge >= 0.3 is 0 Å². The second-order valence-electron chi connectivity index (χ2n) is 5.46. The third-order valence-electron chi connectivity index (χ3n) is 3.81. The fraction of sp³-hybridized carbons (Fsp3) is 0.500. The van der Waals surface area contributed by atoms with Crippen LogP contribution in [-0.2, 0) is 5.41 Å². The summed E-state index contributed by atoms with van der Waals surface area (Å²) >= 11 is 3.62. The number of hydrogen-bond acceptors (Lipinski definition) is 1. The maximum atomic E-state index is 5.70. The molecular weight excluding hydrogens is 288 g/mol. The van der Waals surface area contributed by atoms with Gasteiger partial charge in [-0.05, 0) is 76.9 Å². The van der Waals surface area contributed by atoms with Gasteiger partial charge < -0.3 is 4.74 Å². The van der Waals surface area contributed by atoms with Crippen molar-refractivity contribution >= 4 is 21.5 Å². The lowest BCUT2D eigenvalue weighted by Gasteiger charge is -2.34. The van der Waals surface area contributed by atoms with E-state index in [0.717, 1.165) is 16.6 Å². The number of hydrogen-bond donors (Lipinski definition) is 0. The van der Waals surface area contributed by atoms with Crippen molar-refractivity contribution in [3.05, 3.63) is 33.8 Å². The molecule has 98 valence electrons. The zero-order valence-electron chi connectivity index (χ0n) is 11.6. The Morgan fingerprint density at radius 1 is 1.39 bits per heavy atom. The minimum Gasteiger partial charge on any atom is -0.493 e. The topological polar surface area (TPSA) is 9.23 Å². The van der Waals surface area contributed by atoms with Crippen LogP contribution in [-0.4, -0.2) is 6.61 Å². The van der Waals surface area contributed by atoms with Crippen LogP contribution in [0, 0.1) is 0 Å². The van der Waals surface area contributed by atoms with E-state index in [0.29, 0.717) is 6.61 Å². The van der Waals surface area contributed by atoms with Gasteiger partial charge in [-0.3, -0.25) is 0 Å². The maximum Gasteiger partial charge on any atom is 0.133 e. The highest BCUT2D eigenvalue weighted by Gasteiger charge is 2.30. The van der Waals surface area contributed by atoms with Crippen molar-refractivity contribution in [3.8, 4) is 5.75 Å². The van der Waals surface area contributed by atoms with Crippen LogP contribution >= 0.6 is 15.9 Å². The number of fused-ring (bicyclic) bond motifs is 1. The molecule has 0 fully saturated rings. The van der Waals surface area contributed by atoms with Gasteiger partial charge in [0, 0.05) is 0 Å². The molecule has 0 saturated carbocycles. The summed E-state index contributed by atoms with van der Waals surface area (Å²) in [6, 6.07) is 4.43. The fourth-order valence-electron chi connectivity index (χ4n) is 2.66. The van der Waals surface area contributed by atoms with Crippen LogP contribution in [0.5, 0.6) is 5.75 Å². The first kappa shape index (κ1) is 13.7. The molecule has 0 atom stereocenters. The van der Waals surface area contributed by atoms with Gasteiger partial charge in [-0.2, -0.15) is 0 Å². The van der Waals surface area contributed by atoms with Crippen LogP contribution in [0.15, 0.2) is 22.7 Å². The summed E-state index contributed by atoms with van der Waals surface area (Å²) in [5, 5.41) is 0. The van der Waals surface area contributed by atoms with Gasteiger partial charge in [0.25, 0.3) is 0 Å². The normalized spacial score (nSPS) is 19.7. The Morgan fingerprint density at radius 2 is 2.11 bits per heavy atom. The van der Waals surface area contributed by atoms with Crippen molar-refractivity contribution in [2.75, 3.05) is 6.61 Å². The Kier molecular flexibility index (Phi) is 3.86. The first-order valence-corrected chi connectivity index (χ1v) is 7.41. The van der Waals surface area contributed by atoms with Gasteiger partial charge in [0.2, 0.25) is 0 Å². The SMILES string of the molecule is CC=C1CCC(C)(C)c2cc(OCC)c(Br)cc21. The van der Waals surface area contributed by atoms with Gasteiger partial charge in [-0.15, -0.1) is 0 Å². The van der Waals surface area contributed by atoms with Crippen molar-refractivity contribution in [2.45, 2.75) is 46.0 Å². The van der Waals surface area contributed by atoms with E-state index in [9.17, 15) is 0 Å². The Labute approximate surface area is 118 Å². The van der Waals surface area contributed by atoms with Crippen LogP contribution < -0.4 is 4.74 Å². The summed E-state index contributed by atoms with van der Waals surface area (Å²) in [7, 11) is 0. The van der Waals surface area contributed by atoms with Crippen molar-refractivity contribution < 1.29 is 4.74 Å². The van der Waals surface area contributed by atoms with Crippen LogP contribution in [0.4, 0.5) is 0 Å². The zero-order valence-corrected chi connectivity index (χ0v) is 13.2. The first-order valence-electron chi connectivity index (χ1n) is 6.62. The quantitative estimate of drug-likeness (QED) is 0.718. The number of benzene rings is 1. The van der Waals surface area contributed by atoms with E-state index in [1.54, 1.807) is 0 Å². The zero-order chi connectivity index (χ0) is 13.3. The third kappa shape index (κ3) is 2.35. The van der Waals surface area contributed by atoms with Crippen molar-refractivity contribution in [1.82, 2.24) is 0 Å². The van der Waals surface area contributed by atoms with Gasteiger partial charge in [-0.25, -0.2) is 0 Å². The Bertz CT molecular complexity index is 486. The second-order valence-corrected chi connectivity index (χ2v) is 6.31. The van der Waals surface area contributed by atoms with Gasteiger partial charge in [-0.1, -0.05) is 19.9 Å². The molecule has 1 aromatic rings. The molecule has 0 heterocycles. The minimum absolute atomic E-state index is 0.231. The summed E-state index contributed by atoms with van der Waals surface area (Å²) in [5.74, 6) is 0.960. The lowest BCUT2D eigenvalue weighted by Crippen LogP contribution is -2.23. The monoisotopic (exact) mass is 308 g/mol. The molecule has 0 amide bonds. The largest absolute Gasteiger partial charge is 0.493 e. The molecule has 0 bridgehead atoms. The molecule has 0 saturated heterocycles. The highest BCUT2D eigenvalue weighted by Crippen LogP contribution is 2.45. The maximum absolute atomic E-state index is 5.70. The minimum atomic E-state index is 0.231. The first-order chi connectivity index (χ1) is 8.49. The molecule has 2 rings (SSSR count). The van der Waals surface area contributed by atoms with E-state index < -0.39 is 0 Å². The molecule has 1 nitrogen and oxygen atoms in total. The van der Waals surface area contributed by atoms with Gasteiger partial charge in [0.15, 0.2) is 0 Å². The third-order valence-corrected chi connectivity index (χ3v) is 4.43. The van der Waals surface area contributed by atoms with Gasteiger partial charge in [0.1, 0.15) is 5.75 Å². The van der Waals surface area contributed by atoms with E-state index >= 15 is 0 Å². The summed E-state index contributed by atoms with van der Waals surface area (Å²) in [6.07, 6.45) is 4.60. The predicted molar refractivity (Wildman–Crippen MR) is 81.2 cm³/mol. The van der Waals surface area contributed by atoms with Crippen molar-refractivity contribution in [3.63, 3.8) is 0 Å². The summed E-state index contributed by atoms with van der Waals surface area (Å²) in [6.45, 7) is 9.49. The molecule has 0 spiro atoms. The lowest BCUT2D eigenvalue weighted by atomic mass is 9.71. The number of rotatable bonds is 2. The second kappa shape index (κ2) is 5.08. The van der Waals surface area contributed by atoms with Crippen molar-refractivity contribution in [2.24, 2.45) is 0 Å². The average molecular weight is 309 g/mol. The Balaban J connectivity index is 2.61. The molecule has 1 aliphatic carbocycles.